The minimum absolute atomic E-state index is 0.0199. The van der Waals surface area contributed by atoms with E-state index in [2.05, 4.69) is 22.6 Å². The Hall–Kier alpha value is -2.74. The van der Waals surface area contributed by atoms with Gasteiger partial charge in [0.25, 0.3) is 0 Å². The molecular formula is C23H23Cl2N3O4. The molecule has 1 saturated heterocycles. The summed E-state index contributed by atoms with van der Waals surface area (Å²) in [6.45, 7) is 3.84. The molecule has 0 bridgehead atoms. The summed E-state index contributed by atoms with van der Waals surface area (Å²) >= 11 is 11.9. The van der Waals surface area contributed by atoms with Crippen molar-refractivity contribution in [1.29, 1.82) is 0 Å². The Balaban J connectivity index is 1.52. The third-order valence-corrected chi connectivity index (χ3v) is 5.87. The van der Waals surface area contributed by atoms with Gasteiger partial charge in [-0.25, -0.2) is 9.59 Å². The number of nitrogens with one attached hydrogen (secondary N) is 2. The molecule has 2 N–H and O–H groups in total. The minimum Gasteiger partial charge on any atom is -0.490 e. The number of anilines is 2. The smallest absolute Gasteiger partial charge is 0.360 e. The van der Waals surface area contributed by atoms with Crippen molar-refractivity contribution < 1.29 is 13.9 Å². The number of benzene rings is 2. The Morgan fingerprint density at radius 3 is 2.47 bits per heavy atom. The summed E-state index contributed by atoms with van der Waals surface area (Å²) in [5.74, 6) is 0.700. The fourth-order valence-corrected chi connectivity index (χ4v) is 4.24. The number of piperidine rings is 1. The van der Waals surface area contributed by atoms with Gasteiger partial charge in [-0.15, -0.1) is 0 Å². The number of carbonyl (C=O) groups excluding carboxylic acids is 1. The van der Waals surface area contributed by atoms with Crippen LogP contribution in [0.1, 0.15) is 18.4 Å². The molecule has 1 aliphatic rings. The Labute approximate surface area is 195 Å². The van der Waals surface area contributed by atoms with Gasteiger partial charge in [-0.05, 0) is 63.2 Å². The van der Waals surface area contributed by atoms with Crippen molar-refractivity contribution in [3.63, 3.8) is 0 Å². The lowest BCUT2D eigenvalue weighted by Crippen LogP contribution is -2.35. The first-order valence-corrected chi connectivity index (χ1v) is 11.0. The van der Waals surface area contributed by atoms with E-state index in [1.165, 1.54) is 0 Å². The zero-order chi connectivity index (χ0) is 22.8. The standard InChI is InChI=1S/C23H23Cl2N3O4/c1-13-20(31-18-5-7-28(2)8-6-18)4-3-14-9-19(22(29)32-21(13)14)27-23(30)26-17-11-15(24)10-16(25)12-17/h3-4,9-12,18H,5-8H2,1-2H3,(H2,26,27,30). The number of hydrogen-bond donors (Lipinski definition) is 2. The number of carbonyl (C=O) groups is 1. The van der Waals surface area contributed by atoms with E-state index in [4.69, 9.17) is 32.4 Å². The largest absolute Gasteiger partial charge is 0.490 e. The summed E-state index contributed by atoms with van der Waals surface area (Å²) in [4.78, 5) is 27.1. The molecule has 0 aliphatic carbocycles. The lowest BCUT2D eigenvalue weighted by molar-refractivity contribution is 0.113. The second kappa shape index (κ2) is 9.40. The van der Waals surface area contributed by atoms with E-state index < -0.39 is 11.7 Å². The Morgan fingerprint density at radius 1 is 1.09 bits per heavy atom. The first-order valence-electron chi connectivity index (χ1n) is 10.3. The molecule has 32 heavy (non-hydrogen) atoms. The number of likely N-dealkylation sites (tertiary alicyclic amines) is 1. The van der Waals surface area contributed by atoms with E-state index in [-0.39, 0.29) is 11.8 Å². The highest BCUT2D eigenvalue weighted by Gasteiger charge is 2.20. The molecule has 1 aromatic heterocycles. The summed E-state index contributed by atoms with van der Waals surface area (Å²) in [5, 5.41) is 6.55. The third kappa shape index (κ3) is 5.18. The molecule has 4 rings (SSSR count). The third-order valence-electron chi connectivity index (χ3n) is 5.43. The van der Waals surface area contributed by atoms with Crippen molar-refractivity contribution in [3.8, 4) is 5.75 Å². The maximum Gasteiger partial charge on any atom is 0.360 e. The fraction of sp³-hybridized carbons (Fsp3) is 0.304. The SMILES string of the molecule is Cc1c(OC2CCN(C)CC2)ccc2cc(NC(=O)Nc3cc(Cl)cc(Cl)c3)c(=O)oc12. The molecule has 2 heterocycles. The van der Waals surface area contributed by atoms with Gasteiger partial charge in [0.05, 0.1) is 0 Å². The highest BCUT2D eigenvalue weighted by molar-refractivity contribution is 6.35. The number of fused-ring (bicyclic) bond motifs is 1. The van der Waals surface area contributed by atoms with Crippen molar-refractivity contribution >= 4 is 51.6 Å². The van der Waals surface area contributed by atoms with Crippen LogP contribution in [0.3, 0.4) is 0 Å². The maximum absolute atomic E-state index is 12.5. The van der Waals surface area contributed by atoms with Crippen molar-refractivity contribution in [3.05, 3.63) is 62.4 Å². The van der Waals surface area contributed by atoms with Crippen LogP contribution < -0.4 is 21.0 Å². The van der Waals surface area contributed by atoms with Crippen LogP contribution >= 0.6 is 23.2 Å². The van der Waals surface area contributed by atoms with Gasteiger partial charge in [-0.3, -0.25) is 0 Å². The Morgan fingerprint density at radius 2 is 1.78 bits per heavy atom. The number of rotatable bonds is 4. The molecule has 0 spiro atoms. The number of hydrogen-bond acceptors (Lipinski definition) is 5. The van der Waals surface area contributed by atoms with Crippen LogP contribution in [0.25, 0.3) is 11.0 Å². The number of urea groups is 1. The van der Waals surface area contributed by atoms with E-state index in [1.54, 1.807) is 24.3 Å². The van der Waals surface area contributed by atoms with Gasteiger partial charge in [-0.2, -0.15) is 0 Å². The molecule has 1 fully saturated rings. The number of ether oxygens (including phenoxy) is 1. The normalized spacial score (nSPS) is 15.0. The average Bonchev–Trinajstić information content (AvgIpc) is 2.72. The molecule has 2 aromatic carbocycles. The van der Waals surface area contributed by atoms with Crippen molar-refractivity contribution in [1.82, 2.24) is 4.90 Å². The minimum atomic E-state index is -0.656. The summed E-state index contributed by atoms with van der Waals surface area (Å²) in [6.07, 6.45) is 2.04. The number of halogens is 2. The fourth-order valence-electron chi connectivity index (χ4n) is 3.71. The van der Waals surface area contributed by atoms with E-state index in [0.29, 0.717) is 32.5 Å². The van der Waals surface area contributed by atoms with Crippen molar-refractivity contribution in [2.75, 3.05) is 30.8 Å². The number of aryl methyl sites for hydroxylation is 1. The zero-order valence-corrected chi connectivity index (χ0v) is 19.2. The van der Waals surface area contributed by atoms with Crippen LogP contribution in [0.2, 0.25) is 10.0 Å². The highest BCUT2D eigenvalue weighted by atomic mass is 35.5. The number of amides is 2. The Kier molecular flexibility index (Phi) is 6.60. The van der Waals surface area contributed by atoms with E-state index >= 15 is 0 Å². The second-order valence-corrected chi connectivity index (χ2v) is 8.79. The molecule has 3 aromatic rings. The summed E-state index contributed by atoms with van der Waals surface area (Å²) < 4.78 is 11.7. The molecule has 0 radical (unpaired) electrons. The molecule has 0 unspecified atom stereocenters. The van der Waals surface area contributed by atoms with Gasteiger partial charge in [0, 0.05) is 39.8 Å². The van der Waals surface area contributed by atoms with Gasteiger partial charge in [0.1, 0.15) is 23.1 Å². The van der Waals surface area contributed by atoms with Gasteiger partial charge in [0.15, 0.2) is 0 Å². The van der Waals surface area contributed by atoms with Gasteiger partial charge in [0.2, 0.25) is 0 Å². The van der Waals surface area contributed by atoms with Crippen LogP contribution in [-0.2, 0) is 0 Å². The quantitative estimate of drug-likeness (QED) is 0.484. The van der Waals surface area contributed by atoms with Crippen LogP contribution in [0.4, 0.5) is 16.2 Å². The van der Waals surface area contributed by atoms with Gasteiger partial charge in [-0.1, -0.05) is 23.2 Å². The summed E-state index contributed by atoms with van der Waals surface area (Å²) in [5.41, 5.74) is 0.954. The average molecular weight is 476 g/mol. The second-order valence-electron chi connectivity index (χ2n) is 7.91. The molecular weight excluding hydrogens is 453 g/mol. The predicted molar refractivity (Wildman–Crippen MR) is 127 cm³/mol. The maximum atomic E-state index is 12.5. The van der Waals surface area contributed by atoms with E-state index in [1.807, 2.05) is 19.1 Å². The Bertz CT molecular complexity index is 1200. The molecule has 0 saturated carbocycles. The lowest BCUT2D eigenvalue weighted by Gasteiger charge is -2.29. The number of nitrogens with zero attached hydrogens (tertiary/aromatic N) is 1. The zero-order valence-electron chi connectivity index (χ0n) is 17.7. The van der Waals surface area contributed by atoms with Crippen LogP contribution in [-0.4, -0.2) is 37.2 Å². The van der Waals surface area contributed by atoms with Crippen LogP contribution in [0.15, 0.2) is 45.6 Å². The predicted octanol–water partition coefficient (Wildman–Crippen LogP) is 5.53. The molecule has 168 valence electrons. The van der Waals surface area contributed by atoms with Crippen LogP contribution in [0, 0.1) is 6.92 Å². The topological polar surface area (TPSA) is 83.8 Å². The highest BCUT2D eigenvalue weighted by Crippen LogP contribution is 2.30. The monoisotopic (exact) mass is 475 g/mol. The molecule has 2 amide bonds. The van der Waals surface area contributed by atoms with Crippen molar-refractivity contribution in [2.45, 2.75) is 25.9 Å². The lowest BCUT2D eigenvalue weighted by atomic mass is 10.1. The molecule has 0 atom stereocenters. The first-order chi connectivity index (χ1) is 15.3. The molecule has 7 nitrogen and oxygen atoms in total. The van der Waals surface area contributed by atoms with Gasteiger partial charge >= 0.3 is 11.7 Å². The summed E-state index contributed by atoms with van der Waals surface area (Å²) in [7, 11) is 2.10. The van der Waals surface area contributed by atoms with Crippen molar-refractivity contribution in [2.24, 2.45) is 0 Å². The molecule has 1 aliphatic heterocycles. The van der Waals surface area contributed by atoms with Gasteiger partial charge < -0.3 is 24.7 Å². The van der Waals surface area contributed by atoms with Crippen LogP contribution in [0.5, 0.6) is 5.75 Å². The first kappa shape index (κ1) is 22.5. The summed E-state index contributed by atoms with van der Waals surface area (Å²) in [6, 6.07) is 9.29. The van der Waals surface area contributed by atoms with E-state index in [0.717, 1.165) is 31.5 Å². The van der Waals surface area contributed by atoms with E-state index in [9.17, 15) is 9.59 Å². The molecule has 9 heteroatoms.